The van der Waals surface area contributed by atoms with Gasteiger partial charge in [-0.2, -0.15) is 0 Å². The van der Waals surface area contributed by atoms with Gasteiger partial charge in [0.15, 0.2) is 0 Å². The molecule has 17 heavy (non-hydrogen) atoms. The van der Waals surface area contributed by atoms with Crippen LogP contribution < -0.4 is 0 Å². The molecule has 98 valence electrons. The van der Waals surface area contributed by atoms with E-state index in [0.717, 1.165) is 0 Å². The van der Waals surface area contributed by atoms with Crippen molar-refractivity contribution in [2.75, 3.05) is 19.8 Å². The van der Waals surface area contributed by atoms with Crippen molar-refractivity contribution in [3.8, 4) is 0 Å². The Morgan fingerprint density at radius 2 is 2.06 bits per heavy atom. The van der Waals surface area contributed by atoms with E-state index < -0.39 is 23.9 Å². The van der Waals surface area contributed by atoms with Gasteiger partial charge in [-0.05, 0) is 6.42 Å². The van der Waals surface area contributed by atoms with Gasteiger partial charge >= 0.3 is 0 Å². The molecule has 1 saturated heterocycles. The van der Waals surface area contributed by atoms with E-state index in [1.165, 1.54) is 0 Å². The van der Waals surface area contributed by atoms with Crippen molar-refractivity contribution >= 4 is 0 Å². The summed E-state index contributed by atoms with van der Waals surface area (Å²) in [4.78, 5) is 0. The molecule has 0 amide bonds. The number of hydrogen-bond donors (Lipinski definition) is 3. The molecule has 1 fully saturated rings. The second-order valence-electron chi connectivity index (χ2n) is 4.13. The van der Waals surface area contributed by atoms with Crippen LogP contribution in [0.4, 0.5) is 0 Å². The monoisotopic (exact) mass is 244 g/mol. The maximum Gasteiger partial charge on any atom is 0.124 e. The average Bonchev–Trinajstić information content (AvgIpc) is 2.66. The fourth-order valence-corrected chi connectivity index (χ4v) is 1.99. The molecule has 4 atom stereocenters. The predicted molar refractivity (Wildman–Crippen MR) is 62.5 cm³/mol. The third-order valence-corrected chi connectivity index (χ3v) is 2.92. The van der Waals surface area contributed by atoms with Crippen LogP contribution in [-0.2, 0) is 9.47 Å². The van der Waals surface area contributed by atoms with Crippen molar-refractivity contribution < 1.29 is 24.8 Å². The van der Waals surface area contributed by atoms with Gasteiger partial charge in [0, 0.05) is 0 Å². The topological polar surface area (TPSA) is 79.2 Å². The smallest absolute Gasteiger partial charge is 0.124 e. The summed E-state index contributed by atoms with van der Waals surface area (Å²) in [6, 6.07) is 0. The number of rotatable bonds is 7. The highest BCUT2D eigenvalue weighted by Gasteiger charge is 2.49. The van der Waals surface area contributed by atoms with Crippen LogP contribution in [0.1, 0.15) is 6.42 Å². The molecule has 1 aliphatic rings. The fourth-order valence-electron chi connectivity index (χ4n) is 1.99. The molecule has 0 aromatic carbocycles. The molecule has 0 aromatic rings. The van der Waals surface area contributed by atoms with Crippen molar-refractivity contribution in [2.24, 2.45) is 0 Å². The Bertz CT molecular complexity index is 268. The second-order valence-corrected chi connectivity index (χ2v) is 4.13. The Hall–Kier alpha value is -0.720. The van der Waals surface area contributed by atoms with Crippen LogP contribution in [0.5, 0.6) is 0 Å². The quantitative estimate of drug-likeness (QED) is 0.532. The Balaban J connectivity index is 2.86. The van der Waals surface area contributed by atoms with Gasteiger partial charge < -0.3 is 24.8 Å². The minimum Gasteiger partial charge on any atom is -0.393 e. The molecule has 5 nitrogen and oxygen atoms in total. The number of aliphatic hydroxyl groups excluding tert-OH is 3. The highest BCUT2D eigenvalue weighted by molar-refractivity contribution is 5.02. The molecule has 1 rings (SSSR count). The normalized spacial score (nSPS) is 32.1. The van der Waals surface area contributed by atoms with Crippen LogP contribution in [-0.4, -0.2) is 59.1 Å². The molecule has 0 aromatic heterocycles. The van der Waals surface area contributed by atoms with Crippen LogP contribution >= 0.6 is 0 Å². The van der Waals surface area contributed by atoms with E-state index >= 15 is 0 Å². The Labute approximate surface area is 101 Å². The lowest BCUT2D eigenvalue weighted by Gasteiger charge is -2.37. The molecular weight excluding hydrogens is 224 g/mol. The van der Waals surface area contributed by atoms with E-state index in [-0.39, 0.29) is 19.8 Å². The van der Waals surface area contributed by atoms with Gasteiger partial charge in [0.25, 0.3) is 0 Å². The summed E-state index contributed by atoms with van der Waals surface area (Å²) in [6.07, 6.45) is 0.632. The molecule has 1 aliphatic heterocycles. The average molecular weight is 244 g/mol. The summed E-state index contributed by atoms with van der Waals surface area (Å²) >= 11 is 0. The largest absolute Gasteiger partial charge is 0.393 e. The SMILES string of the molecule is C=CCO[C@@](CO)(CC=C)[C@H]1OC[C@H](O)[C@H]1O. The maximum atomic E-state index is 9.82. The summed E-state index contributed by atoms with van der Waals surface area (Å²) in [5.41, 5.74) is -1.09. The van der Waals surface area contributed by atoms with E-state index in [0.29, 0.717) is 6.42 Å². The molecule has 5 heteroatoms. The Morgan fingerprint density at radius 3 is 2.47 bits per heavy atom. The first kappa shape index (κ1) is 14.3. The van der Waals surface area contributed by atoms with E-state index in [1.807, 2.05) is 0 Å². The molecule has 0 spiro atoms. The third-order valence-electron chi connectivity index (χ3n) is 2.92. The highest BCUT2D eigenvalue weighted by atomic mass is 16.6. The molecule has 0 saturated carbocycles. The molecule has 0 unspecified atom stereocenters. The fraction of sp³-hybridized carbons (Fsp3) is 0.667. The highest BCUT2D eigenvalue weighted by Crippen LogP contribution is 2.31. The number of hydrogen-bond acceptors (Lipinski definition) is 5. The zero-order valence-electron chi connectivity index (χ0n) is 9.79. The Kier molecular flexibility index (Phi) is 5.30. The van der Waals surface area contributed by atoms with E-state index in [9.17, 15) is 15.3 Å². The summed E-state index contributed by atoms with van der Waals surface area (Å²) in [5.74, 6) is 0. The predicted octanol–water partition coefficient (Wildman–Crippen LogP) is -0.383. The molecule has 0 bridgehead atoms. The standard InChI is InChI=1S/C12H20O5/c1-3-5-12(8-13,17-6-4-2)11-10(15)9(14)7-16-11/h3-4,9-11,13-15H,1-2,5-8H2/t9-,10+,11-,12+/m0/s1. The number of aliphatic hydroxyl groups is 3. The van der Waals surface area contributed by atoms with E-state index in [4.69, 9.17) is 9.47 Å². The lowest BCUT2D eigenvalue weighted by Crippen LogP contribution is -2.53. The minimum atomic E-state index is -1.09. The van der Waals surface area contributed by atoms with Crippen LogP contribution in [0.3, 0.4) is 0 Å². The van der Waals surface area contributed by atoms with Crippen molar-refractivity contribution in [3.05, 3.63) is 25.3 Å². The zero-order valence-corrected chi connectivity index (χ0v) is 9.79. The minimum absolute atomic E-state index is 0.0299. The maximum absolute atomic E-state index is 9.82. The van der Waals surface area contributed by atoms with Gasteiger partial charge in [-0.3, -0.25) is 0 Å². The first-order valence-electron chi connectivity index (χ1n) is 5.55. The van der Waals surface area contributed by atoms with Crippen molar-refractivity contribution in [2.45, 2.75) is 30.3 Å². The summed E-state index contributed by atoms with van der Waals surface area (Å²) in [5, 5.41) is 28.8. The Morgan fingerprint density at radius 1 is 1.35 bits per heavy atom. The van der Waals surface area contributed by atoms with Gasteiger partial charge in [-0.1, -0.05) is 12.2 Å². The lowest BCUT2D eigenvalue weighted by molar-refractivity contribution is -0.165. The summed E-state index contributed by atoms with van der Waals surface area (Å²) in [7, 11) is 0. The second kappa shape index (κ2) is 6.28. The van der Waals surface area contributed by atoms with Gasteiger partial charge in [0.1, 0.15) is 23.9 Å². The first-order chi connectivity index (χ1) is 8.11. The first-order valence-corrected chi connectivity index (χ1v) is 5.55. The number of ether oxygens (including phenoxy) is 2. The molecule has 0 radical (unpaired) electrons. The van der Waals surface area contributed by atoms with Crippen LogP contribution in [0.15, 0.2) is 25.3 Å². The van der Waals surface area contributed by atoms with Gasteiger partial charge in [0.05, 0.1) is 19.8 Å². The molecular formula is C12H20O5. The lowest BCUT2D eigenvalue weighted by atomic mass is 9.89. The van der Waals surface area contributed by atoms with E-state index in [2.05, 4.69) is 13.2 Å². The third kappa shape index (κ3) is 2.94. The van der Waals surface area contributed by atoms with Gasteiger partial charge in [0.2, 0.25) is 0 Å². The van der Waals surface area contributed by atoms with Gasteiger partial charge in [-0.15, -0.1) is 13.2 Å². The van der Waals surface area contributed by atoms with Crippen molar-refractivity contribution in [3.63, 3.8) is 0 Å². The molecule has 3 N–H and O–H groups in total. The summed E-state index contributed by atoms with van der Waals surface area (Å²) < 4.78 is 10.9. The van der Waals surface area contributed by atoms with Crippen LogP contribution in [0.2, 0.25) is 0 Å². The van der Waals surface area contributed by atoms with Crippen LogP contribution in [0.25, 0.3) is 0 Å². The van der Waals surface area contributed by atoms with E-state index in [1.54, 1.807) is 12.2 Å². The summed E-state index contributed by atoms with van der Waals surface area (Å²) in [6.45, 7) is 7.05. The molecule has 1 heterocycles. The van der Waals surface area contributed by atoms with Crippen molar-refractivity contribution in [1.82, 2.24) is 0 Å². The van der Waals surface area contributed by atoms with Crippen molar-refractivity contribution in [1.29, 1.82) is 0 Å². The van der Waals surface area contributed by atoms with Crippen LogP contribution in [0, 0.1) is 0 Å². The molecule has 0 aliphatic carbocycles. The zero-order chi connectivity index (χ0) is 12.9. The van der Waals surface area contributed by atoms with Gasteiger partial charge in [-0.25, -0.2) is 0 Å².